The van der Waals surface area contributed by atoms with Gasteiger partial charge in [0.05, 0.1) is 32.2 Å². The second-order valence-electron chi connectivity index (χ2n) is 10.3. The van der Waals surface area contributed by atoms with Crippen molar-refractivity contribution < 1.29 is 36.3 Å². The molecule has 0 spiro atoms. The van der Waals surface area contributed by atoms with Crippen molar-refractivity contribution in [1.29, 1.82) is 0 Å². The summed E-state index contributed by atoms with van der Waals surface area (Å²) in [6, 6.07) is 31.9. The van der Waals surface area contributed by atoms with Gasteiger partial charge < -0.3 is 9.44 Å². The second kappa shape index (κ2) is 12.8. The first-order chi connectivity index (χ1) is 22.1. The zero-order valence-corrected chi connectivity index (χ0v) is 30.4. The van der Waals surface area contributed by atoms with Gasteiger partial charge in [-0.3, -0.25) is 0 Å². The number of hydrogen-bond donors (Lipinski definition) is 0. The number of rotatable bonds is 2. The third-order valence-electron chi connectivity index (χ3n) is 7.23. The first-order valence-corrected chi connectivity index (χ1v) is 17.4. The van der Waals surface area contributed by atoms with E-state index < -0.39 is 20.0 Å². The molecule has 4 aromatic carbocycles. The zero-order valence-electron chi connectivity index (χ0n) is 24.2. The van der Waals surface area contributed by atoms with Gasteiger partial charge in [-0.15, -0.1) is 11.4 Å². The molecular weight excluding hydrogens is 729 g/mol. The summed E-state index contributed by atoms with van der Waals surface area (Å²) in [5.41, 5.74) is 4.88. The fourth-order valence-corrected chi connectivity index (χ4v) is 7.92. The molecule has 0 fully saturated rings. The van der Waals surface area contributed by atoms with Gasteiger partial charge in [0.1, 0.15) is 20.0 Å². The molecule has 2 aliphatic rings. The Kier molecular flexibility index (Phi) is 8.95. The number of pyridine rings is 2. The van der Waals surface area contributed by atoms with Crippen LogP contribution in [-0.2, 0) is 39.5 Å². The Morgan fingerprint density at radius 1 is 0.532 bits per heavy atom. The van der Waals surface area contributed by atoms with Gasteiger partial charge in [0.15, 0.2) is 0 Å². The minimum absolute atomic E-state index is 0. The van der Waals surface area contributed by atoms with E-state index in [9.17, 15) is 16.8 Å². The van der Waals surface area contributed by atoms with Gasteiger partial charge in [-0.2, -0.15) is 0 Å². The van der Waals surface area contributed by atoms with Crippen LogP contribution in [0.1, 0.15) is 22.5 Å². The molecule has 0 saturated carbocycles. The molecule has 2 aromatic heterocycles. The molecule has 8 nitrogen and oxygen atoms in total. The van der Waals surface area contributed by atoms with Gasteiger partial charge in [-0.25, -0.2) is 26.8 Å². The van der Waals surface area contributed by atoms with Gasteiger partial charge in [-0.05, 0) is 71.8 Å². The molecule has 0 amide bonds. The molecule has 2 aliphatic heterocycles. The van der Waals surface area contributed by atoms with Crippen LogP contribution in [0.3, 0.4) is 0 Å². The first kappa shape index (κ1) is 32.8. The van der Waals surface area contributed by atoms with E-state index in [4.69, 9.17) is 23.2 Å². The van der Waals surface area contributed by atoms with Gasteiger partial charge in [0, 0.05) is 20.8 Å². The summed E-state index contributed by atoms with van der Waals surface area (Å²) in [5.74, 6) is 0. The van der Waals surface area contributed by atoms with Crippen LogP contribution in [0.15, 0.2) is 119 Å². The fourth-order valence-electron chi connectivity index (χ4n) is 5.14. The molecule has 0 N–H and O–H groups in total. The third kappa shape index (κ3) is 6.68. The summed E-state index contributed by atoms with van der Waals surface area (Å²) in [5, 5.41) is 3.15. The Hall–Kier alpha value is -4.12. The Balaban J connectivity index is 0.000000161. The molecule has 13 heteroatoms. The number of fused-ring (bicyclic) bond motifs is 4. The number of nitrogens with zero attached hydrogens (tertiary/aromatic N) is 4. The molecule has 47 heavy (non-hydrogen) atoms. The van der Waals surface area contributed by atoms with Crippen LogP contribution in [0.25, 0.3) is 54.8 Å². The summed E-state index contributed by atoms with van der Waals surface area (Å²) in [6.07, 6.45) is 3.36. The minimum atomic E-state index is -3.61. The van der Waals surface area contributed by atoms with Crippen molar-refractivity contribution in [1.82, 2.24) is 9.97 Å². The predicted molar refractivity (Wildman–Crippen MR) is 183 cm³/mol. The average molecular weight is 749 g/mol. The molecule has 0 saturated heterocycles. The number of aromatic nitrogens is 2. The monoisotopic (exact) mass is 746 g/mol. The molecule has 0 atom stereocenters. The van der Waals surface area contributed by atoms with E-state index in [0.29, 0.717) is 44.0 Å². The average Bonchev–Trinajstić information content (AvgIpc) is 3.45. The number of benzene rings is 4. The maximum Gasteiger partial charge on any atom is 2.00 e. The van der Waals surface area contributed by atoms with Gasteiger partial charge in [0.25, 0.3) is 0 Å². The standard InChI is InChI=1S/2C17H10ClN2O2S.Zn/c2*18-12-6-8-15-11(9-12)5-7-13(19-15)10-16-14-3-1-2-4-17(14)23(21,22)20-16;/h2*1-10H;/q2*-1;+2/b2*16-10-;. The van der Waals surface area contributed by atoms with Crippen LogP contribution in [0.2, 0.25) is 10.0 Å². The molecule has 228 valence electrons. The van der Waals surface area contributed by atoms with Gasteiger partial charge in [-0.1, -0.05) is 83.9 Å². The van der Waals surface area contributed by atoms with E-state index in [1.165, 1.54) is 0 Å². The Labute approximate surface area is 294 Å². The Bertz CT molecular complexity index is 2330. The fraction of sp³-hybridized carbons (Fsp3) is 0. The number of hydrogen-bond acceptors (Lipinski definition) is 6. The van der Waals surface area contributed by atoms with Crippen LogP contribution < -0.4 is 0 Å². The first-order valence-electron chi connectivity index (χ1n) is 13.8. The smallest absolute Gasteiger partial charge is 0.572 e. The number of sulfonamides is 2. The molecule has 0 radical (unpaired) electrons. The summed E-state index contributed by atoms with van der Waals surface area (Å²) >= 11 is 11.9. The number of halogens is 2. The van der Waals surface area contributed by atoms with Crippen molar-refractivity contribution in [2.75, 3.05) is 0 Å². The summed E-state index contributed by atoms with van der Waals surface area (Å²) < 4.78 is 55.9. The Morgan fingerprint density at radius 2 is 0.936 bits per heavy atom. The van der Waals surface area contributed by atoms with Crippen molar-refractivity contribution >= 4 is 88.6 Å². The third-order valence-corrected chi connectivity index (χ3v) is 10.4. The molecular formula is C34H20Cl2N4O4S2Zn. The summed E-state index contributed by atoms with van der Waals surface area (Å²) in [7, 11) is -7.22. The zero-order chi connectivity index (χ0) is 32.1. The maximum absolute atomic E-state index is 12.1. The largest absolute Gasteiger partial charge is 2.00 e. The molecule has 4 heterocycles. The van der Waals surface area contributed by atoms with Crippen molar-refractivity contribution in [2.24, 2.45) is 0 Å². The molecule has 8 rings (SSSR count). The van der Waals surface area contributed by atoms with E-state index in [2.05, 4.69) is 19.4 Å². The molecule has 0 unspecified atom stereocenters. The molecule has 0 aliphatic carbocycles. The van der Waals surface area contributed by atoms with Crippen LogP contribution in [0.4, 0.5) is 0 Å². The SMILES string of the molecule is O=S1(=O)[N-]/C(=C\c2ccc3cc(Cl)ccc3n2)c2ccccc21.O=S1(=O)[N-]/C(=C\c2ccc3cc(Cl)ccc3n2)c2ccccc21.[Zn+2]. The predicted octanol–water partition coefficient (Wildman–Crippen LogP) is 8.92. The van der Waals surface area contributed by atoms with E-state index in [1.54, 1.807) is 72.8 Å². The van der Waals surface area contributed by atoms with E-state index in [0.717, 1.165) is 21.8 Å². The van der Waals surface area contributed by atoms with Crippen LogP contribution >= 0.6 is 23.2 Å². The normalized spacial score (nSPS) is 16.8. The van der Waals surface area contributed by atoms with E-state index in [-0.39, 0.29) is 29.3 Å². The maximum atomic E-state index is 12.1. The van der Waals surface area contributed by atoms with E-state index in [1.807, 2.05) is 48.5 Å². The quantitative estimate of drug-likeness (QED) is 0.163. The minimum Gasteiger partial charge on any atom is -0.572 e. The van der Waals surface area contributed by atoms with Crippen LogP contribution in [0, 0.1) is 0 Å². The summed E-state index contributed by atoms with van der Waals surface area (Å²) in [4.78, 5) is 9.49. The van der Waals surface area contributed by atoms with Gasteiger partial charge >= 0.3 is 19.5 Å². The van der Waals surface area contributed by atoms with Gasteiger partial charge in [0.2, 0.25) is 0 Å². The molecule has 0 bridgehead atoms. The summed E-state index contributed by atoms with van der Waals surface area (Å²) in [6.45, 7) is 0. The van der Waals surface area contributed by atoms with E-state index >= 15 is 0 Å². The van der Waals surface area contributed by atoms with Crippen molar-refractivity contribution in [3.63, 3.8) is 0 Å². The van der Waals surface area contributed by atoms with Crippen molar-refractivity contribution in [3.05, 3.63) is 151 Å². The molecule has 6 aromatic rings. The van der Waals surface area contributed by atoms with Crippen LogP contribution in [0.5, 0.6) is 0 Å². The van der Waals surface area contributed by atoms with Crippen molar-refractivity contribution in [2.45, 2.75) is 9.79 Å². The van der Waals surface area contributed by atoms with Crippen LogP contribution in [-0.4, -0.2) is 26.8 Å². The Morgan fingerprint density at radius 3 is 1.36 bits per heavy atom. The topological polar surface area (TPSA) is 122 Å². The van der Waals surface area contributed by atoms with Crippen molar-refractivity contribution in [3.8, 4) is 0 Å². The second-order valence-corrected chi connectivity index (χ2v) is 14.3.